The van der Waals surface area contributed by atoms with Gasteiger partial charge in [-0.3, -0.25) is 14.3 Å². The SMILES string of the molecule is Cc1c(NC(=O)C(C)OC(=O)c2cc(S(=O)(=O)N3CCCCC3)ccc2Cl)c(=O)n(-c2ccccc2)n1C. The molecule has 1 fully saturated rings. The molecule has 0 saturated carbocycles. The first-order valence-corrected chi connectivity index (χ1v) is 14.0. The molecule has 38 heavy (non-hydrogen) atoms. The Bertz CT molecular complexity index is 1530. The number of para-hydroxylation sites is 1. The third-order valence-electron chi connectivity index (χ3n) is 6.57. The van der Waals surface area contributed by atoms with Crippen LogP contribution in [0.2, 0.25) is 5.02 Å². The van der Waals surface area contributed by atoms with Crippen molar-refractivity contribution in [2.45, 2.75) is 44.1 Å². The number of hydrogen-bond acceptors (Lipinski definition) is 6. The number of nitrogens with one attached hydrogen (secondary N) is 1. The van der Waals surface area contributed by atoms with E-state index in [2.05, 4.69) is 5.32 Å². The van der Waals surface area contributed by atoms with Crippen molar-refractivity contribution in [2.24, 2.45) is 7.05 Å². The highest BCUT2D eigenvalue weighted by molar-refractivity contribution is 7.89. The number of ether oxygens (including phenoxy) is 1. The number of nitrogens with zero attached hydrogens (tertiary/aromatic N) is 3. The second-order valence-corrected chi connectivity index (χ2v) is 11.4. The van der Waals surface area contributed by atoms with Crippen LogP contribution in [0.5, 0.6) is 0 Å². The Morgan fingerprint density at radius 1 is 1.05 bits per heavy atom. The van der Waals surface area contributed by atoms with E-state index in [9.17, 15) is 22.8 Å². The lowest BCUT2D eigenvalue weighted by atomic mass is 10.2. The summed E-state index contributed by atoms with van der Waals surface area (Å²) in [6.45, 7) is 3.85. The first-order chi connectivity index (χ1) is 18.0. The predicted molar refractivity (Wildman–Crippen MR) is 143 cm³/mol. The van der Waals surface area contributed by atoms with Crippen molar-refractivity contribution in [3.63, 3.8) is 0 Å². The van der Waals surface area contributed by atoms with Gasteiger partial charge in [-0.25, -0.2) is 17.9 Å². The van der Waals surface area contributed by atoms with Crippen LogP contribution >= 0.6 is 11.6 Å². The molecule has 4 rings (SSSR count). The van der Waals surface area contributed by atoms with Gasteiger partial charge in [0.2, 0.25) is 10.0 Å². The smallest absolute Gasteiger partial charge is 0.340 e. The number of aromatic nitrogens is 2. The Kier molecular flexibility index (Phi) is 8.10. The van der Waals surface area contributed by atoms with E-state index in [-0.39, 0.29) is 21.2 Å². The van der Waals surface area contributed by atoms with Crippen molar-refractivity contribution in [1.29, 1.82) is 0 Å². The van der Waals surface area contributed by atoms with E-state index < -0.39 is 33.6 Å². The Balaban J connectivity index is 1.51. The molecule has 1 amide bonds. The molecule has 202 valence electrons. The van der Waals surface area contributed by atoms with E-state index >= 15 is 0 Å². The Morgan fingerprint density at radius 3 is 2.37 bits per heavy atom. The number of esters is 1. The summed E-state index contributed by atoms with van der Waals surface area (Å²) in [4.78, 5) is 38.8. The Morgan fingerprint density at radius 2 is 1.71 bits per heavy atom. The Labute approximate surface area is 225 Å². The maximum absolute atomic E-state index is 13.1. The van der Waals surface area contributed by atoms with Gasteiger partial charge < -0.3 is 10.1 Å². The number of hydrogen-bond donors (Lipinski definition) is 1. The van der Waals surface area contributed by atoms with Crippen LogP contribution in [-0.2, 0) is 26.6 Å². The van der Waals surface area contributed by atoms with Gasteiger partial charge in [-0.15, -0.1) is 0 Å². The number of carbonyl (C=O) groups excluding carboxylic acids is 2. The average molecular weight is 561 g/mol. The number of rotatable bonds is 7. The minimum atomic E-state index is -3.81. The largest absolute Gasteiger partial charge is 0.449 e. The second kappa shape index (κ2) is 11.1. The van der Waals surface area contributed by atoms with Crippen LogP contribution in [0.3, 0.4) is 0 Å². The zero-order valence-electron chi connectivity index (χ0n) is 21.3. The predicted octanol–water partition coefficient (Wildman–Crippen LogP) is 3.50. The molecule has 1 atom stereocenters. The van der Waals surface area contributed by atoms with Gasteiger partial charge in [0, 0.05) is 20.1 Å². The molecule has 1 aromatic heterocycles. The summed E-state index contributed by atoms with van der Waals surface area (Å²) in [5.74, 6) is -1.68. The quantitative estimate of drug-likeness (QED) is 0.442. The van der Waals surface area contributed by atoms with Gasteiger partial charge in [0.15, 0.2) is 6.10 Å². The summed E-state index contributed by atoms with van der Waals surface area (Å²) in [7, 11) is -2.12. The van der Waals surface area contributed by atoms with Crippen LogP contribution in [0.15, 0.2) is 58.2 Å². The fourth-order valence-corrected chi connectivity index (χ4v) is 6.03. The number of carbonyl (C=O) groups is 2. The maximum Gasteiger partial charge on any atom is 0.340 e. The summed E-state index contributed by atoms with van der Waals surface area (Å²) >= 11 is 6.18. The average Bonchev–Trinajstić information content (AvgIpc) is 3.12. The first-order valence-electron chi connectivity index (χ1n) is 12.2. The van der Waals surface area contributed by atoms with E-state index in [4.69, 9.17) is 16.3 Å². The number of halogens is 1. The molecule has 3 aromatic rings. The third kappa shape index (κ3) is 5.40. The number of benzene rings is 2. The molecule has 1 aliphatic heterocycles. The molecule has 2 heterocycles. The zero-order valence-corrected chi connectivity index (χ0v) is 22.9. The van der Waals surface area contributed by atoms with E-state index in [0.29, 0.717) is 24.5 Å². The van der Waals surface area contributed by atoms with Crippen LogP contribution in [0.1, 0.15) is 42.2 Å². The standard InChI is InChI=1S/C26H29ClN4O6S/c1-17-23(25(33)31(29(17)3)19-10-6-4-7-11-19)28-24(32)18(2)37-26(34)21-16-20(12-13-22(21)27)38(35,36)30-14-8-5-9-15-30/h4,6-7,10-13,16,18H,5,8-9,14-15H2,1-3H3,(H,28,32). The molecule has 1 unspecified atom stereocenters. The highest BCUT2D eigenvalue weighted by atomic mass is 35.5. The van der Waals surface area contributed by atoms with E-state index in [0.717, 1.165) is 19.3 Å². The highest BCUT2D eigenvalue weighted by Gasteiger charge is 2.29. The molecule has 10 nitrogen and oxygen atoms in total. The van der Waals surface area contributed by atoms with Gasteiger partial charge in [-0.2, -0.15) is 4.31 Å². The van der Waals surface area contributed by atoms with Crippen molar-refractivity contribution in [1.82, 2.24) is 13.7 Å². The van der Waals surface area contributed by atoms with Crippen molar-refractivity contribution >= 4 is 39.2 Å². The zero-order chi connectivity index (χ0) is 27.6. The molecule has 12 heteroatoms. The lowest BCUT2D eigenvalue weighted by Crippen LogP contribution is -2.35. The molecule has 0 bridgehead atoms. The fourth-order valence-electron chi connectivity index (χ4n) is 4.29. The molecular formula is C26H29ClN4O6S. The number of amides is 1. The number of piperidine rings is 1. The summed E-state index contributed by atoms with van der Waals surface area (Å²) in [5.41, 5.74) is 0.562. The van der Waals surface area contributed by atoms with Gasteiger partial charge in [0.1, 0.15) is 5.69 Å². The van der Waals surface area contributed by atoms with Gasteiger partial charge in [-0.05, 0) is 57.0 Å². The monoisotopic (exact) mass is 560 g/mol. The van der Waals surface area contributed by atoms with Gasteiger partial charge >= 0.3 is 5.97 Å². The van der Waals surface area contributed by atoms with E-state index in [1.54, 1.807) is 42.9 Å². The molecule has 2 aromatic carbocycles. The Hall–Kier alpha value is -3.41. The molecule has 1 saturated heterocycles. The van der Waals surface area contributed by atoms with E-state index in [1.807, 2.05) is 6.07 Å². The molecular weight excluding hydrogens is 532 g/mol. The minimum Gasteiger partial charge on any atom is -0.449 e. The molecule has 1 N–H and O–H groups in total. The third-order valence-corrected chi connectivity index (χ3v) is 8.79. The van der Waals surface area contributed by atoms with Gasteiger partial charge in [0.25, 0.3) is 11.5 Å². The number of sulfonamides is 1. The van der Waals surface area contributed by atoms with Gasteiger partial charge in [-0.1, -0.05) is 36.2 Å². The fraction of sp³-hybridized carbons (Fsp3) is 0.346. The summed E-state index contributed by atoms with van der Waals surface area (Å²) < 4.78 is 35.8. The van der Waals surface area contributed by atoms with Crippen LogP contribution in [0, 0.1) is 6.92 Å². The topological polar surface area (TPSA) is 120 Å². The normalized spacial score (nSPS) is 15.2. The van der Waals surface area contributed by atoms with Crippen LogP contribution in [-0.4, -0.2) is 53.2 Å². The maximum atomic E-state index is 13.1. The summed E-state index contributed by atoms with van der Waals surface area (Å²) in [6, 6.07) is 12.8. The first kappa shape index (κ1) is 27.6. The molecule has 1 aliphatic rings. The van der Waals surface area contributed by atoms with Gasteiger partial charge in [0.05, 0.1) is 26.9 Å². The van der Waals surface area contributed by atoms with Crippen molar-refractivity contribution in [3.05, 3.63) is 75.2 Å². The summed E-state index contributed by atoms with van der Waals surface area (Å²) in [6.07, 6.45) is 1.20. The van der Waals surface area contributed by atoms with Crippen molar-refractivity contribution in [3.8, 4) is 5.69 Å². The highest BCUT2D eigenvalue weighted by Crippen LogP contribution is 2.26. The summed E-state index contributed by atoms with van der Waals surface area (Å²) in [5, 5.41) is 2.54. The molecule has 0 spiro atoms. The lowest BCUT2D eigenvalue weighted by Gasteiger charge is -2.26. The minimum absolute atomic E-state index is 0.00939. The van der Waals surface area contributed by atoms with Crippen LogP contribution in [0.25, 0.3) is 5.69 Å². The van der Waals surface area contributed by atoms with Crippen molar-refractivity contribution < 1.29 is 22.7 Å². The van der Waals surface area contributed by atoms with Crippen LogP contribution in [0.4, 0.5) is 5.69 Å². The van der Waals surface area contributed by atoms with Crippen LogP contribution < -0.4 is 10.9 Å². The molecule has 0 radical (unpaired) electrons. The van der Waals surface area contributed by atoms with Crippen molar-refractivity contribution in [2.75, 3.05) is 18.4 Å². The second-order valence-electron chi connectivity index (χ2n) is 9.08. The van der Waals surface area contributed by atoms with E-state index in [1.165, 1.54) is 34.1 Å². The number of anilines is 1. The lowest BCUT2D eigenvalue weighted by molar-refractivity contribution is -0.123. The molecule has 0 aliphatic carbocycles.